The predicted molar refractivity (Wildman–Crippen MR) is 54.3 cm³/mol. The Balaban J connectivity index is 1.64. The van der Waals surface area contributed by atoms with Gasteiger partial charge >= 0.3 is 5.97 Å². The minimum atomic E-state index is -0.909. The number of carbonyl (C=O) groups excluding carboxylic acids is 1. The highest BCUT2D eigenvalue weighted by atomic mass is 16.4. The Kier molecular flexibility index (Phi) is 2.67. The molecular formula is C11H17NO3. The molecule has 0 aliphatic heterocycles. The molecule has 0 saturated heterocycles. The summed E-state index contributed by atoms with van der Waals surface area (Å²) in [5.41, 5.74) is 0.402. The molecule has 2 N–H and O–H groups in total. The first kappa shape index (κ1) is 10.5. The molecule has 0 bridgehead atoms. The van der Waals surface area contributed by atoms with E-state index in [0.717, 1.165) is 12.5 Å². The second-order valence-electron chi connectivity index (χ2n) is 4.81. The second kappa shape index (κ2) is 3.83. The van der Waals surface area contributed by atoms with Crippen molar-refractivity contribution in [3.63, 3.8) is 0 Å². The molecule has 0 heterocycles. The molecule has 2 aliphatic carbocycles. The molecule has 0 aromatic heterocycles. The van der Waals surface area contributed by atoms with Crippen LogP contribution in [0.15, 0.2) is 0 Å². The number of hydrogen-bond donors (Lipinski definition) is 2. The van der Waals surface area contributed by atoms with E-state index < -0.39 is 5.97 Å². The molecule has 84 valence electrons. The summed E-state index contributed by atoms with van der Waals surface area (Å²) in [5, 5.41) is 11.3. The molecule has 0 radical (unpaired) electrons. The summed E-state index contributed by atoms with van der Waals surface area (Å²) in [4.78, 5) is 21.5. The molecule has 0 unspecified atom stereocenters. The third kappa shape index (κ3) is 2.70. The van der Waals surface area contributed by atoms with Gasteiger partial charge < -0.3 is 10.4 Å². The number of aliphatic carboxylic acids is 1. The minimum absolute atomic E-state index is 0.0672. The number of rotatable bonds is 6. The molecule has 2 saturated carbocycles. The molecule has 4 heteroatoms. The highest BCUT2D eigenvalue weighted by Crippen LogP contribution is 2.60. The minimum Gasteiger partial charge on any atom is -0.481 e. The van der Waals surface area contributed by atoms with Crippen LogP contribution in [0.25, 0.3) is 0 Å². The van der Waals surface area contributed by atoms with Crippen molar-refractivity contribution in [2.24, 2.45) is 11.3 Å². The lowest BCUT2D eigenvalue weighted by Crippen LogP contribution is -2.31. The molecule has 1 amide bonds. The summed E-state index contributed by atoms with van der Waals surface area (Å²) >= 11 is 0. The zero-order valence-corrected chi connectivity index (χ0v) is 8.79. The van der Waals surface area contributed by atoms with E-state index in [2.05, 4.69) is 5.32 Å². The Hall–Kier alpha value is -1.06. The van der Waals surface area contributed by atoms with Crippen LogP contribution in [0, 0.1) is 11.3 Å². The first-order valence-corrected chi connectivity index (χ1v) is 5.61. The lowest BCUT2D eigenvalue weighted by atomic mass is 10.0. The van der Waals surface area contributed by atoms with E-state index in [-0.39, 0.29) is 18.7 Å². The summed E-state index contributed by atoms with van der Waals surface area (Å²) in [6.07, 6.45) is 5.13. The maximum Gasteiger partial charge on any atom is 0.303 e. The van der Waals surface area contributed by atoms with Gasteiger partial charge in [-0.1, -0.05) is 0 Å². The lowest BCUT2D eigenvalue weighted by Gasteiger charge is -2.14. The predicted octanol–water partition coefficient (Wildman–Crippen LogP) is 1.16. The molecule has 15 heavy (non-hydrogen) atoms. The van der Waals surface area contributed by atoms with Gasteiger partial charge in [-0.15, -0.1) is 0 Å². The average molecular weight is 211 g/mol. The summed E-state index contributed by atoms with van der Waals surface area (Å²) in [7, 11) is 0. The van der Waals surface area contributed by atoms with Crippen LogP contribution in [-0.2, 0) is 9.59 Å². The number of carboxylic acid groups (broad SMARTS) is 1. The Labute approximate surface area is 89.0 Å². The maximum atomic E-state index is 11.3. The normalized spacial score (nSPS) is 22.1. The van der Waals surface area contributed by atoms with Crippen LogP contribution in [-0.4, -0.2) is 23.5 Å². The van der Waals surface area contributed by atoms with Crippen molar-refractivity contribution in [2.45, 2.75) is 38.5 Å². The maximum absolute atomic E-state index is 11.3. The van der Waals surface area contributed by atoms with Gasteiger partial charge in [0.2, 0.25) is 5.91 Å². The number of carbonyl (C=O) groups is 2. The van der Waals surface area contributed by atoms with Crippen LogP contribution in [0.4, 0.5) is 0 Å². The Morgan fingerprint density at radius 3 is 2.40 bits per heavy atom. The van der Waals surface area contributed by atoms with Crippen LogP contribution < -0.4 is 5.32 Å². The van der Waals surface area contributed by atoms with Gasteiger partial charge in [0, 0.05) is 13.0 Å². The SMILES string of the molecule is O=C(O)CCC(=O)NCC1(C2CC2)CC1. The van der Waals surface area contributed by atoms with Gasteiger partial charge in [0.25, 0.3) is 0 Å². The van der Waals surface area contributed by atoms with Gasteiger partial charge in [-0.05, 0) is 37.0 Å². The average Bonchev–Trinajstić information content (AvgIpc) is 3.01. The zero-order chi connectivity index (χ0) is 10.9. The quantitative estimate of drug-likeness (QED) is 0.692. The molecule has 4 nitrogen and oxygen atoms in total. The van der Waals surface area contributed by atoms with E-state index >= 15 is 0 Å². The fourth-order valence-electron chi connectivity index (χ4n) is 2.17. The lowest BCUT2D eigenvalue weighted by molar-refractivity contribution is -0.138. The fourth-order valence-corrected chi connectivity index (χ4v) is 2.17. The van der Waals surface area contributed by atoms with Gasteiger partial charge in [0.15, 0.2) is 0 Å². The van der Waals surface area contributed by atoms with E-state index in [1.807, 2.05) is 0 Å². The van der Waals surface area contributed by atoms with E-state index in [0.29, 0.717) is 5.41 Å². The molecular weight excluding hydrogens is 194 g/mol. The van der Waals surface area contributed by atoms with E-state index in [4.69, 9.17) is 5.11 Å². The molecule has 0 aromatic carbocycles. The van der Waals surface area contributed by atoms with Crippen molar-refractivity contribution in [3.05, 3.63) is 0 Å². The number of carboxylic acids is 1. The first-order valence-electron chi connectivity index (χ1n) is 5.61. The summed E-state index contributed by atoms with van der Waals surface area (Å²) in [6.45, 7) is 0.760. The largest absolute Gasteiger partial charge is 0.481 e. The van der Waals surface area contributed by atoms with Crippen molar-refractivity contribution < 1.29 is 14.7 Å². The monoisotopic (exact) mass is 211 g/mol. The standard InChI is InChI=1S/C11H17NO3/c13-9(3-4-10(14)15)12-7-11(5-6-11)8-1-2-8/h8H,1-7H2,(H,12,13)(H,14,15). The third-order valence-electron chi connectivity index (χ3n) is 3.54. The molecule has 0 atom stereocenters. The first-order chi connectivity index (χ1) is 7.12. The molecule has 2 aliphatic rings. The Morgan fingerprint density at radius 1 is 1.27 bits per heavy atom. The van der Waals surface area contributed by atoms with Gasteiger partial charge in [-0.25, -0.2) is 0 Å². The molecule has 2 rings (SSSR count). The van der Waals surface area contributed by atoms with Crippen LogP contribution in [0.1, 0.15) is 38.5 Å². The topological polar surface area (TPSA) is 66.4 Å². The van der Waals surface area contributed by atoms with Gasteiger partial charge in [0.1, 0.15) is 0 Å². The Morgan fingerprint density at radius 2 is 1.93 bits per heavy atom. The van der Waals surface area contributed by atoms with E-state index in [9.17, 15) is 9.59 Å². The van der Waals surface area contributed by atoms with Gasteiger partial charge in [-0.3, -0.25) is 9.59 Å². The van der Waals surface area contributed by atoms with Crippen molar-refractivity contribution in [2.75, 3.05) is 6.54 Å². The van der Waals surface area contributed by atoms with E-state index in [1.165, 1.54) is 25.7 Å². The third-order valence-corrected chi connectivity index (χ3v) is 3.54. The molecule has 2 fully saturated rings. The summed E-state index contributed by atoms with van der Waals surface area (Å²) in [5.74, 6) is -0.199. The van der Waals surface area contributed by atoms with Crippen molar-refractivity contribution in [1.29, 1.82) is 0 Å². The van der Waals surface area contributed by atoms with Gasteiger partial charge in [-0.2, -0.15) is 0 Å². The summed E-state index contributed by atoms with van der Waals surface area (Å²) < 4.78 is 0. The Bertz CT molecular complexity index is 280. The number of nitrogens with one attached hydrogen (secondary N) is 1. The van der Waals surface area contributed by atoms with Crippen LogP contribution in [0.2, 0.25) is 0 Å². The van der Waals surface area contributed by atoms with Crippen molar-refractivity contribution >= 4 is 11.9 Å². The van der Waals surface area contributed by atoms with Gasteiger partial charge in [0.05, 0.1) is 6.42 Å². The highest BCUT2D eigenvalue weighted by Gasteiger charge is 2.53. The van der Waals surface area contributed by atoms with Crippen LogP contribution in [0.3, 0.4) is 0 Å². The van der Waals surface area contributed by atoms with Crippen molar-refractivity contribution in [3.8, 4) is 0 Å². The number of amides is 1. The number of hydrogen-bond acceptors (Lipinski definition) is 2. The van der Waals surface area contributed by atoms with E-state index in [1.54, 1.807) is 0 Å². The molecule has 0 spiro atoms. The molecule has 0 aromatic rings. The van der Waals surface area contributed by atoms with Crippen LogP contribution >= 0.6 is 0 Å². The second-order valence-corrected chi connectivity index (χ2v) is 4.81. The highest BCUT2D eigenvalue weighted by molar-refractivity contribution is 5.80. The fraction of sp³-hybridized carbons (Fsp3) is 0.818. The smallest absolute Gasteiger partial charge is 0.303 e. The zero-order valence-electron chi connectivity index (χ0n) is 8.79. The van der Waals surface area contributed by atoms with Crippen LogP contribution in [0.5, 0.6) is 0 Å². The van der Waals surface area contributed by atoms with Crippen molar-refractivity contribution in [1.82, 2.24) is 5.32 Å². The summed E-state index contributed by atoms with van der Waals surface area (Å²) in [6, 6.07) is 0.